The van der Waals surface area contributed by atoms with Crippen molar-refractivity contribution in [3.8, 4) is 0 Å². The van der Waals surface area contributed by atoms with Gasteiger partial charge in [-0.15, -0.1) is 11.7 Å². The van der Waals surface area contributed by atoms with Gasteiger partial charge in [0.05, 0.1) is 12.2 Å². The van der Waals surface area contributed by atoms with Gasteiger partial charge < -0.3 is 5.32 Å². The van der Waals surface area contributed by atoms with Gasteiger partial charge in [-0.25, -0.2) is 0 Å². The molecule has 1 N–H and O–H groups in total. The van der Waals surface area contributed by atoms with Crippen molar-refractivity contribution in [2.45, 2.75) is 20.0 Å². The Balaban J connectivity index is 2.37. The molecule has 0 aromatic carbocycles. The lowest BCUT2D eigenvalue weighted by molar-refractivity contribution is 0.297. The molecule has 1 rings (SSSR count). The highest BCUT2D eigenvalue weighted by atomic mass is 15.4. The predicted molar refractivity (Wildman–Crippen MR) is 65.1 cm³/mol. The van der Waals surface area contributed by atoms with Gasteiger partial charge >= 0.3 is 0 Å². The lowest BCUT2D eigenvalue weighted by Gasteiger charge is -2.17. The fraction of sp³-hybridized carbons (Fsp3) is 0.636. The number of aromatic nitrogens is 3. The molecule has 5 nitrogen and oxygen atoms in total. The highest BCUT2D eigenvalue weighted by Crippen LogP contribution is 1.94. The SMILES string of the molecule is C=CCN(CC)CCn1cc(CNC)nn1. The second kappa shape index (κ2) is 7.14. The van der Waals surface area contributed by atoms with Gasteiger partial charge in [-0.1, -0.05) is 18.2 Å². The molecule has 16 heavy (non-hydrogen) atoms. The third kappa shape index (κ3) is 4.12. The highest BCUT2D eigenvalue weighted by Gasteiger charge is 2.02. The molecule has 0 atom stereocenters. The molecule has 0 saturated carbocycles. The van der Waals surface area contributed by atoms with Gasteiger partial charge in [0.1, 0.15) is 0 Å². The van der Waals surface area contributed by atoms with Crippen molar-refractivity contribution in [1.82, 2.24) is 25.2 Å². The van der Waals surface area contributed by atoms with Crippen LogP contribution in [0.15, 0.2) is 18.9 Å². The molecule has 0 fully saturated rings. The first-order chi connectivity index (χ1) is 7.80. The second-order valence-electron chi connectivity index (χ2n) is 3.69. The van der Waals surface area contributed by atoms with E-state index in [0.29, 0.717) is 0 Å². The summed E-state index contributed by atoms with van der Waals surface area (Å²) < 4.78 is 1.89. The van der Waals surface area contributed by atoms with Crippen LogP contribution < -0.4 is 5.32 Å². The Morgan fingerprint density at radius 2 is 2.44 bits per heavy atom. The molecule has 0 aliphatic heterocycles. The minimum atomic E-state index is 0.768. The van der Waals surface area contributed by atoms with Crippen LogP contribution in [0.25, 0.3) is 0 Å². The standard InChI is InChI=1S/C11H21N5/c1-4-6-15(5-2)7-8-16-10-11(9-12-3)13-14-16/h4,10,12H,1,5-9H2,2-3H3. The summed E-state index contributed by atoms with van der Waals surface area (Å²) in [5, 5.41) is 11.2. The first kappa shape index (κ1) is 12.9. The van der Waals surface area contributed by atoms with E-state index in [1.54, 1.807) is 0 Å². The van der Waals surface area contributed by atoms with Gasteiger partial charge in [0.15, 0.2) is 0 Å². The van der Waals surface area contributed by atoms with Gasteiger partial charge in [0, 0.05) is 25.8 Å². The molecule has 5 heteroatoms. The zero-order chi connectivity index (χ0) is 11.8. The van der Waals surface area contributed by atoms with Crippen LogP contribution in [0.5, 0.6) is 0 Å². The smallest absolute Gasteiger partial charge is 0.0964 e. The summed E-state index contributed by atoms with van der Waals surface area (Å²) in [5.41, 5.74) is 0.981. The predicted octanol–water partition coefficient (Wildman–Crippen LogP) is 0.505. The number of nitrogens with one attached hydrogen (secondary N) is 1. The zero-order valence-corrected chi connectivity index (χ0v) is 10.2. The van der Waals surface area contributed by atoms with Crippen molar-refractivity contribution in [3.63, 3.8) is 0 Å². The van der Waals surface area contributed by atoms with Crippen molar-refractivity contribution < 1.29 is 0 Å². The van der Waals surface area contributed by atoms with E-state index in [2.05, 4.69) is 34.0 Å². The maximum Gasteiger partial charge on any atom is 0.0964 e. The Hall–Kier alpha value is -1.20. The summed E-state index contributed by atoms with van der Waals surface area (Å²) >= 11 is 0. The number of nitrogens with zero attached hydrogens (tertiary/aromatic N) is 4. The summed E-state index contributed by atoms with van der Waals surface area (Å²) in [4.78, 5) is 2.31. The average Bonchev–Trinajstić information content (AvgIpc) is 2.72. The molecule has 90 valence electrons. The van der Waals surface area contributed by atoms with E-state index in [9.17, 15) is 0 Å². The Kier molecular flexibility index (Phi) is 5.74. The van der Waals surface area contributed by atoms with Crippen molar-refractivity contribution in [3.05, 3.63) is 24.5 Å². The maximum absolute atomic E-state index is 4.08. The normalized spacial score (nSPS) is 10.9. The summed E-state index contributed by atoms with van der Waals surface area (Å²) in [5.74, 6) is 0. The summed E-state index contributed by atoms with van der Waals surface area (Å²) in [7, 11) is 1.90. The first-order valence-corrected chi connectivity index (χ1v) is 5.67. The van der Waals surface area contributed by atoms with Gasteiger partial charge in [0.2, 0.25) is 0 Å². The van der Waals surface area contributed by atoms with E-state index in [0.717, 1.165) is 38.4 Å². The van der Waals surface area contributed by atoms with Crippen LogP contribution in [0, 0.1) is 0 Å². The molecular weight excluding hydrogens is 202 g/mol. The molecule has 0 amide bonds. The molecule has 1 aromatic rings. The van der Waals surface area contributed by atoms with Gasteiger partial charge in [-0.05, 0) is 13.6 Å². The van der Waals surface area contributed by atoms with Crippen molar-refractivity contribution in [1.29, 1.82) is 0 Å². The zero-order valence-electron chi connectivity index (χ0n) is 10.2. The van der Waals surface area contributed by atoms with Crippen LogP contribution in [0.1, 0.15) is 12.6 Å². The van der Waals surface area contributed by atoms with Gasteiger partial charge in [-0.2, -0.15) is 0 Å². The van der Waals surface area contributed by atoms with E-state index < -0.39 is 0 Å². The topological polar surface area (TPSA) is 46.0 Å². The summed E-state index contributed by atoms with van der Waals surface area (Å²) in [6.45, 7) is 10.5. The van der Waals surface area contributed by atoms with Crippen molar-refractivity contribution >= 4 is 0 Å². The monoisotopic (exact) mass is 223 g/mol. The lowest BCUT2D eigenvalue weighted by atomic mass is 10.4. The second-order valence-corrected chi connectivity index (χ2v) is 3.69. The molecule has 0 bridgehead atoms. The van der Waals surface area contributed by atoms with E-state index in [1.165, 1.54) is 0 Å². The van der Waals surface area contributed by atoms with Gasteiger partial charge in [0.25, 0.3) is 0 Å². The lowest BCUT2D eigenvalue weighted by Crippen LogP contribution is -2.27. The van der Waals surface area contributed by atoms with Crippen LogP contribution in [0.2, 0.25) is 0 Å². The Morgan fingerprint density at radius 3 is 3.06 bits per heavy atom. The van der Waals surface area contributed by atoms with Crippen LogP contribution in [0.3, 0.4) is 0 Å². The van der Waals surface area contributed by atoms with Crippen molar-refractivity contribution in [2.24, 2.45) is 0 Å². The molecule has 0 aliphatic rings. The number of hydrogen-bond acceptors (Lipinski definition) is 4. The van der Waals surface area contributed by atoms with Crippen LogP contribution in [-0.4, -0.2) is 46.6 Å². The van der Waals surface area contributed by atoms with Crippen LogP contribution >= 0.6 is 0 Å². The Labute approximate surface area is 97.1 Å². The number of likely N-dealkylation sites (N-methyl/N-ethyl adjacent to an activating group) is 1. The molecule has 0 spiro atoms. The molecular formula is C11H21N5. The Bertz CT molecular complexity index is 307. The third-order valence-electron chi connectivity index (χ3n) is 2.42. The molecule has 0 radical (unpaired) electrons. The number of hydrogen-bond donors (Lipinski definition) is 1. The van der Waals surface area contributed by atoms with E-state index >= 15 is 0 Å². The van der Waals surface area contributed by atoms with E-state index in [-0.39, 0.29) is 0 Å². The molecule has 1 aromatic heterocycles. The summed E-state index contributed by atoms with van der Waals surface area (Å²) in [6, 6.07) is 0. The number of rotatable bonds is 8. The Morgan fingerprint density at radius 1 is 1.62 bits per heavy atom. The van der Waals surface area contributed by atoms with Gasteiger partial charge in [-0.3, -0.25) is 9.58 Å². The maximum atomic E-state index is 4.08. The minimum absolute atomic E-state index is 0.768. The van der Waals surface area contributed by atoms with E-state index in [1.807, 2.05) is 24.0 Å². The van der Waals surface area contributed by atoms with E-state index in [4.69, 9.17) is 0 Å². The fourth-order valence-electron chi connectivity index (χ4n) is 1.51. The van der Waals surface area contributed by atoms with Crippen LogP contribution in [0.4, 0.5) is 0 Å². The molecule has 0 aliphatic carbocycles. The van der Waals surface area contributed by atoms with Crippen LogP contribution in [-0.2, 0) is 13.1 Å². The quantitative estimate of drug-likeness (QED) is 0.652. The molecule has 0 unspecified atom stereocenters. The average molecular weight is 223 g/mol. The molecule has 1 heterocycles. The first-order valence-electron chi connectivity index (χ1n) is 5.67. The van der Waals surface area contributed by atoms with Crippen molar-refractivity contribution in [2.75, 3.05) is 26.7 Å². The largest absolute Gasteiger partial charge is 0.314 e. The minimum Gasteiger partial charge on any atom is -0.314 e. The third-order valence-corrected chi connectivity index (χ3v) is 2.42. The fourth-order valence-corrected chi connectivity index (χ4v) is 1.51. The highest BCUT2D eigenvalue weighted by molar-refractivity contribution is 4.91. The molecule has 0 saturated heterocycles. The summed E-state index contributed by atoms with van der Waals surface area (Å²) in [6.07, 6.45) is 3.91.